The van der Waals surface area contributed by atoms with Crippen molar-refractivity contribution in [3.8, 4) is 0 Å². The predicted molar refractivity (Wildman–Crippen MR) is 114 cm³/mol. The summed E-state index contributed by atoms with van der Waals surface area (Å²) in [5.74, 6) is 0.563. The number of aromatic nitrogens is 3. The van der Waals surface area contributed by atoms with Crippen molar-refractivity contribution in [1.82, 2.24) is 20.3 Å². The van der Waals surface area contributed by atoms with E-state index in [0.717, 1.165) is 15.4 Å². The van der Waals surface area contributed by atoms with E-state index >= 15 is 0 Å². The first-order valence-corrected chi connectivity index (χ1v) is 9.13. The molecule has 0 aliphatic rings. The third-order valence-corrected chi connectivity index (χ3v) is 4.59. The largest absolute Gasteiger partial charge is 0.337 e. The van der Waals surface area contributed by atoms with Crippen LogP contribution in [0, 0.1) is 24.0 Å². The summed E-state index contributed by atoms with van der Waals surface area (Å²) < 4.78 is 1.07. The number of hydrogen-bond acceptors (Lipinski definition) is 8. The van der Waals surface area contributed by atoms with Crippen LogP contribution in [-0.4, -0.2) is 32.5 Å². The fourth-order valence-electron chi connectivity index (χ4n) is 2.59. The van der Waals surface area contributed by atoms with Crippen molar-refractivity contribution in [3.05, 3.63) is 51.7 Å². The van der Waals surface area contributed by atoms with Gasteiger partial charge in [-0.2, -0.15) is 0 Å². The van der Waals surface area contributed by atoms with Crippen LogP contribution >= 0.6 is 12.8 Å². The molecule has 10 nitrogen and oxygen atoms in total. The highest BCUT2D eigenvalue weighted by molar-refractivity contribution is 7.82. The number of pyridine rings is 1. The Balaban J connectivity index is 1.96. The van der Waals surface area contributed by atoms with Crippen molar-refractivity contribution >= 4 is 53.0 Å². The lowest BCUT2D eigenvalue weighted by Gasteiger charge is -2.15. The zero-order valence-electron chi connectivity index (χ0n) is 16.0. The van der Waals surface area contributed by atoms with E-state index in [9.17, 15) is 14.9 Å². The van der Waals surface area contributed by atoms with E-state index in [4.69, 9.17) is 0 Å². The highest BCUT2D eigenvalue weighted by Gasteiger charge is 2.17. The Bertz CT molecular complexity index is 1110. The molecule has 150 valence electrons. The second-order valence-corrected chi connectivity index (χ2v) is 6.65. The van der Waals surface area contributed by atoms with Crippen LogP contribution in [0.2, 0.25) is 0 Å². The lowest BCUT2D eigenvalue weighted by atomic mass is 10.1. The van der Waals surface area contributed by atoms with Gasteiger partial charge in [0, 0.05) is 12.6 Å². The van der Waals surface area contributed by atoms with Gasteiger partial charge < -0.3 is 10.6 Å². The van der Waals surface area contributed by atoms with E-state index in [2.05, 4.69) is 38.4 Å². The number of carbonyl (C=O) groups is 1. The van der Waals surface area contributed by atoms with Crippen LogP contribution in [0.5, 0.6) is 0 Å². The monoisotopic (exact) mass is 413 g/mol. The molecule has 29 heavy (non-hydrogen) atoms. The molecule has 2 heterocycles. The number of nitro benzene ring substituents is 1. The number of nitro groups is 1. The molecule has 0 bridgehead atoms. The molecule has 2 amide bonds. The third-order valence-electron chi connectivity index (χ3n) is 4.20. The number of amides is 2. The Morgan fingerprint density at radius 3 is 2.66 bits per heavy atom. The summed E-state index contributed by atoms with van der Waals surface area (Å²) in [6, 6.07) is 6.03. The Labute approximate surface area is 172 Å². The molecule has 3 aromatic rings. The summed E-state index contributed by atoms with van der Waals surface area (Å²) in [7, 11) is 0. The number of anilines is 3. The third kappa shape index (κ3) is 4.35. The second-order valence-electron chi connectivity index (χ2n) is 6.25. The van der Waals surface area contributed by atoms with Gasteiger partial charge in [0.2, 0.25) is 0 Å². The number of hydrogen-bond donors (Lipinski definition) is 3. The van der Waals surface area contributed by atoms with Gasteiger partial charge >= 0.3 is 6.03 Å². The maximum Gasteiger partial charge on any atom is 0.333 e. The Kier molecular flexibility index (Phi) is 5.78. The number of carbonyl (C=O) groups excluding carboxylic acids is 1. The minimum absolute atomic E-state index is 0.0607. The van der Waals surface area contributed by atoms with Crippen molar-refractivity contribution < 1.29 is 9.72 Å². The van der Waals surface area contributed by atoms with E-state index in [1.54, 1.807) is 25.1 Å². The van der Waals surface area contributed by atoms with Crippen molar-refractivity contribution in [2.24, 2.45) is 0 Å². The summed E-state index contributed by atoms with van der Waals surface area (Å²) >= 11 is 4.16. The number of nitrogens with zero attached hydrogens (tertiary/aromatic N) is 5. The number of aryl methyl sites for hydroxylation is 2. The fraction of sp³-hybridized carbons (Fsp3) is 0.222. The fourth-order valence-corrected chi connectivity index (χ4v) is 2.77. The first kappa shape index (κ1) is 20.3. The lowest BCUT2D eigenvalue weighted by Crippen LogP contribution is -2.34. The van der Waals surface area contributed by atoms with Gasteiger partial charge in [0.1, 0.15) is 17.0 Å². The first-order valence-electron chi connectivity index (χ1n) is 8.73. The van der Waals surface area contributed by atoms with Crippen LogP contribution in [0.4, 0.5) is 27.8 Å². The number of rotatable bonds is 5. The van der Waals surface area contributed by atoms with Gasteiger partial charge in [-0.1, -0.05) is 12.8 Å². The highest BCUT2D eigenvalue weighted by Crippen LogP contribution is 2.30. The van der Waals surface area contributed by atoms with E-state index in [-0.39, 0.29) is 23.0 Å². The second kappa shape index (κ2) is 8.27. The summed E-state index contributed by atoms with van der Waals surface area (Å²) in [4.78, 5) is 35.8. The molecule has 0 aliphatic carbocycles. The summed E-state index contributed by atoms with van der Waals surface area (Å²) in [6.07, 6.45) is 1.46. The quantitative estimate of drug-likeness (QED) is 0.331. The SMILES string of the molecule is CCNC(=O)N(S)c1ccc2ncc(Nc3cc(C)c(C)cc3[N+](=O)[O-])nc2n1. The molecule has 0 atom stereocenters. The van der Waals surface area contributed by atoms with Gasteiger partial charge in [-0.25, -0.2) is 24.1 Å². The molecule has 0 saturated heterocycles. The van der Waals surface area contributed by atoms with Crippen LogP contribution < -0.4 is 14.9 Å². The van der Waals surface area contributed by atoms with Crippen LogP contribution in [-0.2, 0) is 0 Å². The maximum absolute atomic E-state index is 11.9. The van der Waals surface area contributed by atoms with Gasteiger partial charge in [0.05, 0.1) is 11.1 Å². The molecular weight excluding hydrogens is 394 g/mol. The van der Waals surface area contributed by atoms with Crippen molar-refractivity contribution in [2.75, 3.05) is 16.2 Å². The summed E-state index contributed by atoms with van der Waals surface area (Å²) in [5.41, 5.74) is 2.74. The minimum atomic E-state index is -0.454. The standard InChI is InChI=1S/C18H19N7O3S/c1-4-19-18(26)24(29)16-6-5-12-17(23-16)22-15(9-20-12)21-13-7-10(2)11(3)8-14(13)25(27)28/h5-9,29H,4H2,1-3H3,(H,19,26)(H,21,22,23). The molecule has 3 rings (SSSR count). The van der Waals surface area contributed by atoms with Crippen LogP contribution in [0.15, 0.2) is 30.5 Å². The van der Waals surface area contributed by atoms with Crippen molar-refractivity contribution in [3.63, 3.8) is 0 Å². The first-order chi connectivity index (χ1) is 13.8. The molecule has 0 saturated carbocycles. The van der Waals surface area contributed by atoms with Gasteiger partial charge in [0.25, 0.3) is 5.69 Å². The summed E-state index contributed by atoms with van der Waals surface area (Å²) in [5, 5.41) is 16.9. The highest BCUT2D eigenvalue weighted by atomic mass is 32.1. The zero-order valence-corrected chi connectivity index (χ0v) is 16.9. The number of thiol groups is 1. The van der Waals surface area contributed by atoms with Crippen molar-refractivity contribution in [2.45, 2.75) is 20.8 Å². The number of fused-ring (bicyclic) bond motifs is 1. The molecule has 11 heteroatoms. The van der Waals surface area contributed by atoms with Crippen LogP contribution in [0.25, 0.3) is 11.2 Å². The number of urea groups is 1. The smallest absolute Gasteiger partial charge is 0.333 e. The molecule has 0 aliphatic heterocycles. The average Bonchev–Trinajstić information content (AvgIpc) is 2.69. The van der Waals surface area contributed by atoms with Gasteiger partial charge in [0.15, 0.2) is 11.5 Å². The maximum atomic E-state index is 11.9. The molecule has 0 spiro atoms. The lowest BCUT2D eigenvalue weighted by molar-refractivity contribution is -0.384. The Morgan fingerprint density at radius 2 is 1.97 bits per heavy atom. The van der Waals surface area contributed by atoms with Gasteiger partial charge in [-0.05, 0) is 50.1 Å². The number of nitrogens with one attached hydrogen (secondary N) is 2. The Hall–Kier alpha value is -3.47. The van der Waals surface area contributed by atoms with Gasteiger partial charge in [-0.3, -0.25) is 10.1 Å². The number of benzene rings is 1. The van der Waals surface area contributed by atoms with E-state index in [0.29, 0.717) is 17.7 Å². The van der Waals surface area contributed by atoms with E-state index in [1.807, 2.05) is 13.8 Å². The zero-order chi connectivity index (χ0) is 21.1. The molecule has 0 radical (unpaired) electrons. The van der Waals surface area contributed by atoms with E-state index in [1.165, 1.54) is 12.3 Å². The molecule has 0 fully saturated rings. The van der Waals surface area contributed by atoms with E-state index < -0.39 is 11.0 Å². The van der Waals surface area contributed by atoms with Crippen LogP contribution in [0.1, 0.15) is 18.1 Å². The van der Waals surface area contributed by atoms with Crippen molar-refractivity contribution in [1.29, 1.82) is 0 Å². The Morgan fingerprint density at radius 1 is 1.24 bits per heavy atom. The molecular formula is C18H19N7O3S. The molecule has 2 N–H and O–H groups in total. The van der Waals surface area contributed by atoms with Gasteiger partial charge in [-0.15, -0.1) is 0 Å². The predicted octanol–water partition coefficient (Wildman–Crippen LogP) is 3.67. The molecule has 1 aromatic carbocycles. The van der Waals surface area contributed by atoms with Crippen LogP contribution in [0.3, 0.4) is 0 Å². The summed E-state index contributed by atoms with van der Waals surface area (Å²) in [6.45, 7) is 5.92. The normalized spacial score (nSPS) is 10.6. The minimum Gasteiger partial charge on any atom is -0.337 e. The topological polar surface area (TPSA) is 126 Å². The average molecular weight is 413 g/mol. The molecule has 2 aromatic heterocycles. The molecule has 0 unspecified atom stereocenters.